The minimum atomic E-state index is -0.116. The molecule has 1 N–H and O–H groups in total. The molecule has 0 saturated carbocycles. The molecule has 0 spiro atoms. The van der Waals surface area contributed by atoms with Crippen molar-refractivity contribution in [3.05, 3.63) is 16.6 Å². The van der Waals surface area contributed by atoms with Crippen molar-refractivity contribution < 1.29 is 0 Å². The normalized spacial score (nSPS) is 13.0. The van der Waals surface area contributed by atoms with Gasteiger partial charge in [-0.05, 0) is 26.3 Å². The number of aryl methyl sites for hydroxylation is 2. The summed E-state index contributed by atoms with van der Waals surface area (Å²) in [6.07, 6.45) is 3.45. The molecule has 0 aliphatic carbocycles. The van der Waals surface area contributed by atoms with E-state index in [1.165, 1.54) is 4.68 Å². The van der Waals surface area contributed by atoms with Gasteiger partial charge in [-0.1, -0.05) is 12.1 Å². The lowest BCUT2D eigenvalue weighted by atomic mass is 10.2. The topological polar surface area (TPSA) is 77.6 Å². The summed E-state index contributed by atoms with van der Waals surface area (Å²) in [6.45, 7) is 5.78. The van der Waals surface area contributed by atoms with Crippen molar-refractivity contribution in [3.63, 3.8) is 0 Å². The van der Waals surface area contributed by atoms with E-state index in [0.717, 1.165) is 19.4 Å². The Balaban J connectivity index is 2.05. The Labute approximate surface area is 111 Å². The first-order valence-corrected chi connectivity index (χ1v) is 6.62. The zero-order valence-corrected chi connectivity index (χ0v) is 11.6. The van der Waals surface area contributed by atoms with Crippen molar-refractivity contribution >= 4 is 11.0 Å². The van der Waals surface area contributed by atoms with Crippen LogP contribution in [0.4, 0.5) is 0 Å². The van der Waals surface area contributed by atoms with E-state index in [0.29, 0.717) is 23.6 Å². The average Bonchev–Trinajstić information content (AvgIpc) is 2.75. The molecule has 0 aliphatic heterocycles. The number of hydrogen-bond donors (Lipinski definition) is 1. The molecular formula is C12H20N6O. The predicted molar refractivity (Wildman–Crippen MR) is 72.9 cm³/mol. The van der Waals surface area contributed by atoms with Gasteiger partial charge in [0.2, 0.25) is 0 Å². The molecule has 7 heteroatoms. The van der Waals surface area contributed by atoms with Crippen LogP contribution in [0.1, 0.15) is 26.7 Å². The van der Waals surface area contributed by atoms with Gasteiger partial charge in [0.25, 0.3) is 5.56 Å². The summed E-state index contributed by atoms with van der Waals surface area (Å²) in [5, 5.41) is 15.9. The van der Waals surface area contributed by atoms with Gasteiger partial charge in [0, 0.05) is 19.6 Å². The van der Waals surface area contributed by atoms with Gasteiger partial charge in [-0.3, -0.25) is 4.79 Å². The van der Waals surface area contributed by atoms with Gasteiger partial charge in [0.1, 0.15) is 5.39 Å². The fourth-order valence-corrected chi connectivity index (χ4v) is 2.12. The molecule has 0 radical (unpaired) electrons. The lowest BCUT2D eigenvalue weighted by Gasteiger charge is -2.11. The Hall–Kier alpha value is -1.76. The van der Waals surface area contributed by atoms with Crippen LogP contribution in [0.5, 0.6) is 0 Å². The average molecular weight is 264 g/mol. The van der Waals surface area contributed by atoms with E-state index in [4.69, 9.17) is 0 Å². The summed E-state index contributed by atoms with van der Waals surface area (Å²) < 4.78 is 2.98. The van der Waals surface area contributed by atoms with Crippen molar-refractivity contribution in [1.29, 1.82) is 0 Å². The molecule has 2 aromatic heterocycles. The molecule has 1 unspecified atom stereocenters. The Morgan fingerprint density at radius 3 is 3.00 bits per heavy atom. The molecule has 19 heavy (non-hydrogen) atoms. The lowest BCUT2D eigenvalue weighted by Crippen LogP contribution is -2.28. The van der Waals surface area contributed by atoms with Crippen LogP contribution in [0, 0.1) is 0 Å². The summed E-state index contributed by atoms with van der Waals surface area (Å²) in [4.78, 5) is 12.1. The van der Waals surface area contributed by atoms with Gasteiger partial charge in [-0.25, -0.2) is 9.36 Å². The van der Waals surface area contributed by atoms with Crippen LogP contribution in [0.3, 0.4) is 0 Å². The van der Waals surface area contributed by atoms with Crippen molar-refractivity contribution in [2.24, 2.45) is 7.05 Å². The van der Waals surface area contributed by atoms with E-state index in [2.05, 4.69) is 34.6 Å². The number of aromatic nitrogens is 5. The van der Waals surface area contributed by atoms with Crippen LogP contribution in [0.2, 0.25) is 0 Å². The smallest absolute Gasteiger partial charge is 0.280 e. The van der Waals surface area contributed by atoms with Crippen LogP contribution in [-0.4, -0.2) is 37.4 Å². The van der Waals surface area contributed by atoms with Crippen LogP contribution < -0.4 is 10.9 Å². The summed E-state index contributed by atoms with van der Waals surface area (Å²) in [6, 6.07) is 0.454. The monoisotopic (exact) mass is 264 g/mol. The largest absolute Gasteiger partial charge is 0.315 e. The first kappa shape index (κ1) is 13.7. The molecule has 2 heterocycles. The second-order valence-electron chi connectivity index (χ2n) is 4.72. The predicted octanol–water partition coefficient (Wildman–Crippen LogP) is 0.303. The second kappa shape index (κ2) is 5.92. The molecule has 2 rings (SSSR count). The van der Waals surface area contributed by atoms with Crippen LogP contribution in [-0.2, 0) is 13.6 Å². The number of nitrogens with zero attached hydrogens (tertiary/aromatic N) is 5. The van der Waals surface area contributed by atoms with Crippen LogP contribution in [0.15, 0.2) is 11.0 Å². The van der Waals surface area contributed by atoms with E-state index >= 15 is 0 Å². The Bertz CT molecular complexity index is 602. The Morgan fingerprint density at radius 1 is 1.47 bits per heavy atom. The maximum absolute atomic E-state index is 12.1. The highest BCUT2D eigenvalue weighted by Crippen LogP contribution is 2.03. The van der Waals surface area contributed by atoms with Gasteiger partial charge in [-0.2, -0.15) is 5.10 Å². The number of hydrogen-bond acceptors (Lipinski definition) is 5. The maximum atomic E-state index is 12.1. The van der Waals surface area contributed by atoms with E-state index in [9.17, 15) is 4.79 Å². The third-order valence-corrected chi connectivity index (χ3v) is 3.18. The molecule has 0 aliphatic rings. The molecule has 1 atom stereocenters. The van der Waals surface area contributed by atoms with Crippen molar-refractivity contribution in [2.75, 3.05) is 6.54 Å². The highest BCUT2D eigenvalue weighted by molar-refractivity contribution is 5.72. The Morgan fingerprint density at radius 2 is 2.26 bits per heavy atom. The maximum Gasteiger partial charge on any atom is 0.280 e. The fraction of sp³-hybridized carbons (Fsp3) is 0.667. The van der Waals surface area contributed by atoms with Crippen LogP contribution in [0.25, 0.3) is 11.0 Å². The third-order valence-electron chi connectivity index (χ3n) is 3.18. The lowest BCUT2D eigenvalue weighted by molar-refractivity contribution is 0.454. The summed E-state index contributed by atoms with van der Waals surface area (Å²) >= 11 is 0. The molecule has 0 saturated heterocycles. The first-order valence-electron chi connectivity index (χ1n) is 6.62. The van der Waals surface area contributed by atoms with Gasteiger partial charge < -0.3 is 5.32 Å². The van der Waals surface area contributed by atoms with Gasteiger partial charge in [0.15, 0.2) is 5.65 Å². The van der Waals surface area contributed by atoms with Crippen molar-refractivity contribution in [3.8, 4) is 0 Å². The van der Waals surface area contributed by atoms with E-state index < -0.39 is 0 Å². The summed E-state index contributed by atoms with van der Waals surface area (Å²) in [5.41, 5.74) is 0.413. The quantitative estimate of drug-likeness (QED) is 0.812. The molecule has 0 aromatic carbocycles. The zero-order chi connectivity index (χ0) is 13.8. The van der Waals surface area contributed by atoms with Crippen molar-refractivity contribution in [1.82, 2.24) is 30.1 Å². The summed E-state index contributed by atoms with van der Waals surface area (Å²) in [5.74, 6) is 0. The first-order chi connectivity index (χ1) is 9.13. The highest BCUT2D eigenvalue weighted by atomic mass is 16.1. The van der Waals surface area contributed by atoms with E-state index in [1.807, 2.05) is 0 Å². The molecule has 104 valence electrons. The van der Waals surface area contributed by atoms with Crippen molar-refractivity contribution in [2.45, 2.75) is 39.3 Å². The molecule has 2 aromatic rings. The fourth-order valence-electron chi connectivity index (χ4n) is 2.12. The second-order valence-corrected chi connectivity index (χ2v) is 4.72. The van der Waals surface area contributed by atoms with Gasteiger partial charge in [-0.15, -0.1) is 5.10 Å². The standard InChI is InChI=1S/C12H20N6O/c1-4-13-9(2)6-5-7-18-12(19)10-8-14-17(3)11(10)15-16-18/h8-9,13H,4-7H2,1-3H3. The molecule has 7 nitrogen and oxygen atoms in total. The third kappa shape index (κ3) is 2.98. The minimum absolute atomic E-state index is 0.116. The molecule has 0 fully saturated rings. The SMILES string of the molecule is CCNC(C)CCCn1nnc2c(cnn2C)c1=O. The molecular weight excluding hydrogens is 244 g/mol. The van der Waals surface area contributed by atoms with E-state index in [1.54, 1.807) is 17.9 Å². The van der Waals surface area contributed by atoms with Gasteiger partial charge >= 0.3 is 0 Å². The zero-order valence-electron chi connectivity index (χ0n) is 11.6. The van der Waals surface area contributed by atoms with Crippen LogP contribution >= 0.6 is 0 Å². The molecule has 0 bridgehead atoms. The number of fused-ring (bicyclic) bond motifs is 1. The number of nitrogens with one attached hydrogen (secondary N) is 1. The van der Waals surface area contributed by atoms with Gasteiger partial charge in [0.05, 0.1) is 6.20 Å². The minimum Gasteiger partial charge on any atom is -0.315 e. The van der Waals surface area contributed by atoms with E-state index in [-0.39, 0.29) is 5.56 Å². The number of rotatable bonds is 6. The molecule has 0 amide bonds. The Kier molecular flexibility index (Phi) is 4.26. The summed E-state index contributed by atoms with van der Waals surface area (Å²) in [7, 11) is 1.75. The highest BCUT2D eigenvalue weighted by Gasteiger charge is 2.09.